The van der Waals surface area contributed by atoms with Crippen LogP contribution in [0.15, 0.2) is 30.3 Å². The van der Waals surface area contributed by atoms with Crippen molar-refractivity contribution in [3.63, 3.8) is 0 Å². The highest BCUT2D eigenvalue weighted by Crippen LogP contribution is 2.21. The van der Waals surface area contributed by atoms with Crippen LogP contribution in [0.3, 0.4) is 0 Å². The highest BCUT2D eigenvalue weighted by Gasteiger charge is 2.12. The summed E-state index contributed by atoms with van der Waals surface area (Å²) >= 11 is 6.45. The Hall–Kier alpha value is -1.99. The van der Waals surface area contributed by atoms with E-state index in [9.17, 15) is 9.18 Å². The molecule has 0 fully saturated rings. The molecule has 2 rings (SSSR count). The van der Waals surface area contributed by atoms with Crippen molar-refractivity contribution in [3.8, 4) is 0 Å². The van der Waals surface area contributed by atoms with Gasteiger partial charge >= 0.3 is 0 Å². The molecule has 3 N–H and O–H groups in total. The number of carbonyl (C=O) groups is 1. The molecule has 116 valence electrons. The lowest BCUT2D eigenvalue weighted by Crippen LogP contribution is -2.43. The number of thiocarbonyl (C=S) groups is 1. The summed E-state index contributed by atoms with van der Waals surface area (Å²) in [6, 6.07) is 8.02. The maximum Gasteiger partial charge on any atom is 0.279 e. The highest BCUT2D eigenvalue weighted by atomic mass is 32.1. The molecule has 0 aliphatic carbocycles. The molecule has 0 atom stereocenters. The standard InChI is InChI=1S/C15H16FN3OS2/c1-3-10-8-13(22-9(10)2)14(20)18-19-15(21)17-12-7-5-4-6-11(12)16/h4-8H,3H2,1-2H3,(H,18,20)(H2,17,19,21). The first-order valence-corrected chi connectivity index (χ1v) is 7.95. The molecular weight excluding hydrogens is 321 g/mol. The Morgan fingerprint density at radius 2 is 2.05 bits per heavy atom. The number of nitrogens with one attached hydrogen (secondary N) is 3. The number of anilines is 1. The monoisotopic (exact) mass is 337 g/mol. The molecule has 0 aliphatic heterocycles. The molecule has 0 bridgehead atoms. The van der Waals surface area contributed by atoms with Crippen molar-refractivity contribution >= 4 is 40.3 Å². The molecular formula is C15H16FN3OS2. The number of amides is 1. The van der Waals surface area contributed by atoms with E-state index in [2.05, 4.69) is 16.2 Å². The van der Waals surface area contributed by atoms with Crippen LogP contribution in [0.25, 0.3) is 0 Å². The minimum atomic E-state index is -0.417. The third-order valence-electron chi connectivity index (χ3n) is 3.04. The number of halogens is 1. The van der Waals surface area contributed by atoms with Gasteiger partial charge in [0.2, 0.25) is 0 Å². The Bertz CT molecular complexity index is 700. The zero-order chi connectivity index (χ0) is 16.1. The molecule has 1 aromatic carbocycles. The Balaban J connectivity index is 1.90. The number of aryl methyl sites for hydroxylation is 2. The lowest BCUT2D eigenvalue weighted by molar-refractivity contribution is 0.0948. The smallest absolute Gasteiger partial charge is 0.279 e. The summed E-state index contributed by atoms with van der Waals surface area (Å²) in [7, 11) is 0. The van der Waals surface area contributed by atoms with Crippen LogP contribution in [0.1, 0.15) is 27.0 Å². The number of hydrogen-bond donors (Lipinski definition) is 3. The third-order valence-corrected chi connectivity index (χ3v) is 4.33. The summed E-state index contributed by atoms with van der Waals surface area (Å²) in [4.78, 5) is 13.8. The van der Waals surface area contributed by atoms with Gasteiger partial charge in [0.25, 0.3) is 5.91 Å². The molecule has 2 aromatic rings. The Kier molecular flexibility index (Phi) is 5.46. The fourth-order valence-electron chi connectivity index (χ4n) is 1.87. The Morgan fingerprint density at radius 3 is 2.68 bits per heavy atom. The quantitative estimate of drug-likeness (QED) is 0.594. The fourth-order valence-corrected chi connectivity index (χ4v) is 3.04. The lowest BCUT2D eigenvalue weighted by Gasteiger charge is -2.11. The van der Waals surface area contributed by atoms with Crippen LogP contribution < -0.4 is 16.2 Å². The van der Waals surface area contributed by atoms with Gasteiger partial charge < -0.3 is 5.32 Å². The molecule has 1 aromatic heterocycles. The van der Waals surface area contributed by atoms with Gasteiger partial charge in [0, 0.05) is 4.88 Å². The van der Waals surface area contributed by atoms with Crippen LogP contribution in [-0.4, -0.2) is 11.0 Å². The molecule has 1 heterocycles. The van der Waals surface area contributed by atoms with E-state index in [4.69, 9.17) is 12.2 Å². The summed E-state index contributed by atoms with van der Waals surface area (Å²) in [6.45, 7) is 4.03. The summed E-state index contributed by atoms with van der Waals surface area (Å²) in [6.07, 6.45) is 0.885. The van der Waals surface area contributed by atoms with Gasteiger partial charge in [0.15, 0.2) is 5.11 Å². The molecule has 4 nitrogen and oxygen atoms in total. The average molecular weight is 337 g/mol. The first-order valence-electron chi connectivity index (χ1n) is 6.72. The number of para-hydroxylation sites is 1. The maximum atomic E-state index is 13.5. The van der Waals surface area contributed by atoms with Gasteiger partial charge in [-0.1, -0.05) is 19.1 Å². The second-order valence-electron chi connectivity index (χ2n) is 4.56. The second-order valence-corrected chi connectivity index (χ2v) is 6.22. The van der Waals surface area contributed by atoms with Crippen molar-refractivity contribution in [1.29, 1.82) is 0 Å². The molecule has 0 saturated heterocycles. The van der Waals surface area contributed by atoms with Crippen LogP contribution in [-0.2, 0) is 6.42 Å². The number of hydrazine groups is 1. The van der Waals surface area contributed by atoms with Crippen molar-refractivity contribution in [2.24, 2.45) is 0 Å². The number of hydrogen-bond acceptors (Lipinski definition) is 3. The molecule has 0 saturated carbocycles. The third kappa shape index (κ3) is 4.02. The normalized spacial score (nSPS) is 10.1. The molecule has 0 spiro atoms. The van der Waals surface area contributed by atoms with Gasteiger partial charge in [-0.2, -0.15) is 0 Å². The van der Waals surface area contributed by atoms with Crippen LogP contribution in [0.2, 0.25) is 0 Å². The van der Waals surface area contributed by atoms with E-state index in [1.54, 1.807) is 18.2 Å². The first kappa shape index (κ1) is 16.4. The molecule has 1 amide bonds. The number of rotatable bonds is 3. The van der Waals surface area contributed by atoms with E-state index in [0.29, 0.717) is 4.88 Å². The van der Waals surface area contributed by atoms with Gasteiger partial charge in [0.1, 0.15) is 5.82 Å². The maximum absolute atomic E-state index is 13.5. The first-order chi connectivity index (χ1) is 10.5. The highest BCUT2D eigenvalue weighted by molar-refractivity contribution is 7.80. The Labute approximate surface area is 137 Å². The van der Waals surface area contributed by atoms with Crippen molar-refractivity contribution in [1.82, 2.24) is 10.9 Å². The van der Waals surface area contributed by atoms with E-state index in [1.807, 2.05) is 19.9 Å². The van der Waals surface area contributed by atoms with Crippen molar-refractivity contribution < 1.29 is 9.18 Å². The molecule has 7 heteroatoms. The van der Waals surface area contributed by atoms with Gasteiger partial charge in [0.05, 0.1) is 10.6 Å². The largest absolute Gasteiger partial charge is 0.329 e. The molecule has 22 heavy (non-hydrogen) atoms. The zero-order valence-electron chi connectivity index (χ0n) is 12.2. The number of benzene rings is 1. The molecule has 0 radical (unpaired) electrons. The average Bonchev–Trinajstić information content (AvgIpc) is 2.88. The van der Waals surface area contributed by atoms with Crippen LogP contribution in [0, 0.1) is 12.7 Å². The fraction of sp³-hybridized carbons (Fsp3) is 0.200. The van der Waals surface area contributed by atoms with Gasteiger partial charge in [-0.05, 0) is 49.3 Å². The van der Waals surface area contributed by atoms with E-state index >= 15 is 0 Å². The van der Waals surface area contributed by atoms with Crippen molar-refractivity contribution in [2.45, 2.75) is 20.3 Å². The van der Waals surface area contributed by atoms with E-state index in [0.717, 1.165) is 16.9 Å². The van der Waals surface area contributed by atoms with Gasteiger partial charge in [-0.15, -0.1) is 11.3 Å². The number of carbonyl (C=O) groups excluding carboxylic acids is 1. The Morgan fingerprint density at radius 1 is 1.32 bits per heavy atom. The van der Waals surface area contributed by atoms with E-state index in [-0.39, 0.29) is 16.7 Å². The second kappa shape index (κ2) is 7.33. The summed E-state index contributed by atoms with van der Waals surface area (Å²) in [5.74, 6) is -0.690. The molecule has 0 unspecified atom stereocenters. The SMILES string of the molecule is CCc1cc(C(=O)NNC(=S)Nc2ccccc2F)sc1C. The van der Waals surface area contributed by atoms with Gasteiger partial charge in [-0.25, -0.2) is 4.39 Å². The number of thiophene rings is 1. The molecule has 0 aliphatic rings. The summed E-state index contributed by atoms with van der Waals surface area (Å²) in [5.41, 5.74) is 6.46. The zero-order valence-corrected chi connectivity index (χ0v) is 13.8. The van der Waals surface area contributed by atoms with Crippen molar-refractivity contribution in [2.75, 3.05) is 5.32 Å². The minimum absolute atomic E-state index is 0.113. The minimum Gasteiger partial charge on any atom is -0.329 e. The van der Waals surface area contributed by atoms with Crippen LogP contribution in [0.5, 0.6) is 0 Å². The van der Waals surface area contributed by atoms with Crippen molar-refractivity contribution in [3.05, 3.63) is 51.5 Å². The predicted molar refractivity (Wildman–Crippen MR) is 91.7 cm³/mol. The topological polar surface area (TPSA) is 53.2 Å². The van der Waals surface area contributed by atoms with Crippen LogP contribution in [0.4, 0.5) is 10.1 Å². The predicted octanol–water partition coefficient (Wildman–Crippen LogP) is 3.39. The van der Waals surface area contributed by atoms with E-state index in [1.165, 1.54) is 17.4 Å². The summed E-state index contributed by atoms with van der Waals surface area (Å²) in [5, 5.41) is 2.79. The van der Waals surface area contributed by atoms with Gasteiger partial charge in [-0.3, -0.25) is 15.6 Å². The van der Waals surface area contributed by atoms with Crippen LogP contribution >= 0.6 is 23.6 Å². The lowest BCUT2D eigenvalue weighted by atomic mass is 10.2. The van der Waals surface area contributed by atoms with E-state index < -0.39 is 5.82 Å². The summed E-state index contributed by atoms with van der Waals surface area (Å²) < 4.78 is 13.5.